The minimum Gasteiger partial charge on any atom is -0.362 e. The number of aliphatic hydroxyl groups is 1. The maximum absolute atomic E-state index is 12.9. The van der Waals surface area contributed by atoms with Crippen molar-refractivity contribution in [3.63, 3.8) is 0 Å². The van der Waals surface area contributed by atoms with E-state index in [1.54, 1.807) is 6.07 Å². The molecule has 0 aromatic heterocycles. The van der Waals surface area contributed by atoms with E-state index in [1.807, 2.05) is 24.0 Å². The number of anilines is 1. The normalized spacial score (nSPS) is 34.5. The Morgan fingerprint density at radius 3 is 2.77 bits per heavy atom. The average molecular weight is 321 g/mol. The van der Waals surface area contributed by atoms with Crippen LogP contribution in [0.4, 0.5) is 5.69 Å². The Balaban J connectivity index is 1.74. The third kappa shape index (κ3) is 1.71. The number of benzene rings is 1. The van der Waals surface area contributed by atoms with Gasteiger partial charge < -0.3 is 15.3 Å². The van der Waals surface area contributed by atoms with Gasteiger partial charge in [0.1, 0.15) is 0 Å². The van der Waals surface area contributed by atoms with E-state index in [4.69, 9.17) is 11.6 Å². The molecule has 1 aliphatic carbocycles. The number of hydrogen-bond donors (Lipinski definition) is 2. The second-order valence-corrected chi connectivity index (χ2v) is 7.52. The molecule has 0 bridgehead atoms. The monoisotopic (exact) mass is 320 g/mol. The van der Waals surface area contributed by atoms with E-state index in [-0.39, 0.29) is 11.9 Å². The molecule has 1 amide bonds. The molecule has 2 aliphatic heterocycles. The summed E-state index contributed by atoms with van der Waals surface area (Å²) in [5, 5.41) is 14.8. The molecule has 1 saturated carbocycles. The molecule has 2 atom stereocenters. The number of hydrogen-bond acceptors (Lipinski definition) is 3. The van der Waals surface area contributed by atoms with E-state index in [0.29, 0.717) is 11.6 Å². The summed E-state index contributed by atoms with van der Waals surface area (Å²) in [5.41, 5.74) is -0.445. The van der Waals surface area contributed by atoms with Crippen LogP contribution in [0, 0.1) is 0 Å². The largest absolute Gasteiger partial charge is 0.362 e. The van der Waals surface area contributed by atoms with Crippen LogP contribution in [0.1, 0.15) is 44.6 Å². The number of amides is 1. The molecular formula is C17H21ClN2O2. The standard InChI is InChI=1S/C17H21ClN2O2/c1-16-10-20(12-5-3-2-4-6-12)15(21)17(16,22)19-14-8-7-11(18)9-13(14)16/h7-9,12,19,22H,2-6,10H2,1H3. The molecule has 0 spiro atoms. The van der Waals surface area contributed by atoms with E-state index in [0.717, 1.165) is 24.1 Å². The maximum Gasteiger partial charge on any atom is 0.277 e. The third-order valence-corrected chi connectivity index (χ3v) is 6.00. The first kappa shape index (κ1) is 14.3. The van der Waals surface area contributed by atoms with Crippen molar-refractivity contribution in [1.82, 2.24) is 4.90 Å². The van der Waals surface area contributed by atoms with Crippen molar-refractivity contribution in [2.24, 2.45) is 0 Å². The molecule has 22 heavy (non-hydrogen) atoms. The Bertz CT molecular complexity index is 644. The van der Waals surface area contributed by atoms with Crippen LogP contribution in [0.3, 0.4) is 0 Å². The predicted octanol–water partition coefficient (Wildman–Crippen LogP) is 2.89. The number of carbonyl (C=O) groups excluding carboxylic acids is 1. The molecule has 1 aromatic rings. The fourth-order valence-electron chi connectivity index (χ4n) is 4.41. The van der Waals surface area contributed by atoms with Gasteiger partial charge in [0.2, 0.25) is 5.72 Å². The predicted molar refractivity (Wildman–Crippen MR) is 86.0 cm³/mol. The van der Waals surface area contributed by atoms with Crippen LogP contribution < -0.4 is 5.32 Å². The summed E-state index contributed by atoms with van der Waals surface area (Å²) >= 11 is 6.13. The molecule has 2 unspecified atom stereocenters. The van der Waals surface area contributed by atoms with Crippen molar-refractivity contribution in [3.8, 4) is 0 Å². The van der Waals surface area contributed by atoms with Gasteiger partial charge in [0, 0.05) is 23.3 Å². The molecule has 5 heteroatoms. The molecule has 118 valence electrons. The zero-order valence-electron chi connectivity index (χ0n) is 12.7. The zero-order valence-corrected chi connectivity index (χ0v) is 13.5. The van der Waals surface area contributed by atoms with E-state index >= 15 is 0 Å². The fourth-order valence-corrected chi connectivity index (χ4v) is 4.58. The van der Waals surface area contributed by atoms with Crippen LogP contribution >= 0.6 is 11.6 Å². The number of carbonyl (C=O) groups is 1. The Labute approximate surface area is 135 Å². The molecule has 2 N–H and O–H groups in total. The highest BCUT2D eigenvalue weighted by Crippen LogP contribution is 2.52. The molecule has 3 aliphatic rings. The first-order chi connectivity index (χ1) is 10.5. The van der Waals surface area contributed by atoms with Gasteiger partial charge in [0.05, 0.1) is 5.41 Å². The van der Waals surface area contributed by atoms with Gasteiger partial charge in [-0.3, -0.25) is 4.79 Å². The SMILES string of the molecule is CC12CN(C3CCCCC3)C(=O)C1(O)Nc1ccc(Cl)cc12. The summed E-state index contributed by atoms with van der Waals surface area (Å²) in [6, 6.07) is 5.76. The van der Waals surface area contributed by atoms with Crippen molar-refractivity contribution in [3.05, 3.63) is 28.8 Å². The van der Waals surface area contributed by atoms with Gasteiger partial charge in [-0.05, 0) is 43.5 Å². The Hall–Kier alpha value is -1.26. The van der Waals surface area contributed by atoms with Gasteiger partial charge in [-0.15, -0.1) is 0 Å². The molecule has 2 fully saturated rings. The van der Waals surface area contributed by atoms with E-state index in [1.165, 1.54) is 19.3 Å². The minimum atomic E-state index is -1.54. The van der Waals surface area contributed by atoms with Crippen LogP contribution in [-0.2, 0) is 10.2 Å². The first-order valence-electron chi connectivity index (χ1n) is 8.07. The van der Waals surface area contributed by atoms with Crippen molar-refractivity contribution in [1.29, 1.82) is 0 Å². The van der Waals surface area contributed by atoms with Crippen molar-refractivity contribution in [2.75, 3.05) is 11.9 Å². The molecule has 4 rings (SSSR count). The van der Waals surface area contributed by atoms with Crippen molar-refractivity contribution < 1.29 is 9.90 Å². The molecule has 1 aromatic carbocycles. The van der Waals surface area contributed by atoms with E-state index in [2.05, 4.69) is 5.32 Å². The smallest absolute Gasteiger partial charge is 0.277 e. The molecule has 0 radical (unpaired) electrons. The number of halogens is 1. The summed E-state index contributed by atoms with van der Waals surface area (Å²) in [5.74, 6) is -0.186. The van der Waals surface area contributed by atoms with Crippen LogP contribution in [0.15, 0.2) is 18.2 Å². The van der Waals surface area contributed by atoms with Gasteiger partial charge in [0.25, 0.3) is 5.91 Å². The van der Waals surface area contributed by atoms with Crippen LogP contribution in [-0.4, -0.2) is 34.2 Å². The van der Waals surface area contributed by atoms with Gasteiger partial charge >= 0.3 is 0 Å². The number of nitrogens with zero attached hydrogens (tertiary/aromatic N) is 1. The van der Waals surface area contributed by atoms with Crippen molar-refractivity contribution >= 4 is 23.2 Å². The lowest BCUT2D eigenvalue weighted by molar-refractivity contribution is -0.144. The minimum absolute atomic E-state index is 0.186. The average Bonchev–Trinajstić information content (AvgIpc) is 2.86. The lowest BCUT2D eigenvalue weighted by atomic mass is 9.78. The van der Waals surface area contributed by atoms with Crippen LogP contribution in [0.2, 0.25) is 5.02 Å². The van der Waals surface area contributed by atoms with Gasteiger partial charge in [0.15, 0.2) is 0 Å². The first-order valence-corrected chi connectivity index (χ1v) is 8.45. The lowest BCUT2D eigenvalue weighted by Crippen LogP contribution is -2.53. The Morgan fingerprint density at radius 1 is 1.32 bits per heavy atom. The Morgan fingerprint density at radius 2 is 2.05 bits per heavy atom. The summed E-state index contributed by atoms with van der Waals surface area (Å²) in [4.78, 5) is 14.8. The summed E-state index contributed by atoms with van der Waals surface area (Å²) < 4.78 is 0. The highest BCUT2D eigenvalue weighted by molar-refractivity contribution is 6.30. The number of rotatable bonds is 1. The Kier molecular flexibility index (Phi) is 3.01. The zero-order chi connectivity index (χ0) is 15.5. The van der Waals surface area contributed by atoms with Gasteiger partial charge in [-0.1, -0.05) is 30.9 Å². The summed E-state index contributed by atoms with van der Waals surface area (Å²) in [6.07, 6.45) is 5.66. The summed E-state index contributed by atoms with van der Waals surface area (Å²) in [7, 11) is 0. The number of likely N-dealkylation sites (tertiary alicyclic amines) is 1. The fraction of sp³-hybridized carbons (Fsp3) is 0.588. The van der Waals surface area contributed by atoms with Gasteiger partial charge in [-0.25, -0.2) is 0 Å². The third-order valence-electron chi connectivity index (χ3n) is 5.76. The highest BCUT2D eigenvalue weighted by Gasteiger charge is 2.66. The van der Waals surface area contributed by atoms with Gasteiger partial charge in [-0.2, -0.15) is 0 Å². The van der Waals surface area contributed by atoms with E-state index < -0.39 is 11.1 Å². The number of nitrogens with one attached hydrogen (secondary N) is 1. The highest BCUT2D eigenvalue weighted by atomic mass is 35.5. The molecule has 2 heterocycles. The topological polar surface area (TPSA) is 52.6 Å². The second-order valence-electron chi connectivity index (χ2n) is 7.08. The summed E-state index contributed by atoms with van der Waals surface area (Å²) in [6.45, 7) is 2.51. The second kappa shape index (κ2) is 4.62. The lowest BCUT2D eigenvalue weighted by Gasteiger charge is -2.32. The number of fused-ring (bicyclic) bond motifs is 3. The molecule has 4 nitrogen and oxygen atoms in total. The van der Waals surface area contributed by atoms with Crippen molar-refractivity contribution in [2.45, 2.75) is 56.2 Å². The van der Waals surface area contributed by atoms with Crippen LogP contribution in [0.5, 0.6) is 0 Å². The molecular weight excluding hydrogens is 300 g/mol. The van der Waals surface area contributed by atoms with E-state index in [9.17, 15) is 9.90 Å². The molecule has 1 saturated heterocycles. The quantitative estimate of drug-likeness (QED) is 0.836. The maximum atomic E-state index is 12.9. The van der Waals surface area contributed by atoms with Crippen LogP contribution in [0.25, 0.3) is 0 Å².